The molecule has 0 heterocycles. The van der Waals surface area contributed by atoms with E-state index in [0.29, 0.717) is 0 Å². The van der Waals surface area contributed by atoms with Crippen LogP contribution in [-0.2, 0) is 21.2 Å². The van der Waals surface area contributed by atoms with E-state index in [2.05, 4.69) is 43.9 Å². The first-order chi connectivity index (χ1) is 7.58. The third-order valence-corrected chi connectivity index (χ3v) is 6.81. The second kappa shape index (κ2) is 8.67. The largest absolute Gasteiger partial charge is 0.748 e. The summed E-state index contributed by atoms with van der Waals surface area (Å²) in [7, 11) is -1.66. The zero-order valence-corrected chi connectivity index (χ0v) is 14.2. The monoisotopic (exact) mass is 304 g/mol. The summed E-state index contributed by atoms with van der Waals surface area (Å²) in [4.78, 5) is 0. The SMILES string of the molecule is C[Si](C)(C)O[SiH2][c-]1cccc1.[Fe].[cH-]1[cH-][cH-][cH-][cH-]1. The minimum absolute atomic E-state index is 0. The Morgan fingerprint density at radius 2 is 1.35 bits per heavy atom. The predicted molar refractivity (Wildman–Crippen MR) is 76.7 cm³/mol. The van der Waals surface area contributed by atoms with E-state index in [4.69, 9.17) is 4.12 Å². The second-order valence-corrected chi connectivity index (χ2v) is 11.1. The van der Waals surface area contributed by atoms with Crippen LogP contribution in [0.4, 0.5) is 0 Å². The van der Waals surface area contributed by atoms with E-state index >= 15 is 0 Å². The van der Waals surface area contributed by atoms with E-state index in [9.17, 15) is 0 Å². The molecule has 2 aromatic rings. The van der Waals surface area contributed by atoms with Gasteiger partial charge in [0.1, 0.15) is 9.76 Å². The molecule has 2 aromatic carbocycles. The van der Waals surface area contributed by atoms with Crippen LogP contribution in [0, 0.1) is 0 Å². The maximum Gasteiger partial charge on any atom is 0.169 e. The molecule has 0 N–H and O–H groups in total. The summed E-state index contributed by atoms with van der Waals surface area (Å²) in [6.07, 6.45) is 0. The van der Waals surface area contributed by atoms with Gasteiger partial charge >= 0.3 is 0 Å². The van der Waals surface area contributed by atoms with Crippen molar-refractivity contribution in [1.29, 1.82) is 0 Å². The van der Waals surface area contributed by atoms with Gasteiger partial charge < -0.3 is 34.4 Å². The van der Waals surface area contributed by atoms with E-state index in [1.807, 2.05) is 30.3 Å². The van der Waals surface area contributed by atoms with Gasteiger partial charge in [0.15, 0.2) is 8.32 Å². The quantitative estimate of drug-likeness (QED) is 0.625. The van der Waals surface area contributed by atoms with Crippen molar-refractivity contribution in [2.24, 2.45) is 0 Å². The summed E-state index contributed by atoms with van der Waals surface area (Å²) in [5.74, 6) is 0. The smallest absolute Gasteiger partial charge is 0.169 e. The molecule has 0 saturated heterocycles. The summed E-state index contributed by atoms with van der Waals surface area (Å²) in [5.41, 5.74) is 0. The summed E-state index contributed by atoms with van der Waals surface area (Å²) in [6.45, 7) is 6.72. The molecule has 17 heavy (non-hydrogen) atoms. The molecule has 100 valence electrons. The van der Waals surface area contributed by atoms with Crippen molar-refractivity contribution < 1.29 is 21.2 Å². The Labute approximate surface area is 118 Å². The van der Waals surface area contributed by atoms with Crippen molar-refractivity contribution in [3.05, 3.63) is 54.6 Å². The summed E-state index contributed by atoms with van der Waals surface area (Å²) in [5, 5.41) is 1.42. The third-order valence-electron chi connectivity index (χ3n) is 1.96. The Morgan fingerprint density at radius 1 is 0.941 bits per heavy atom. The maximum absolute atomic E-state index is 5.85. The molecule has 1 nitrogen and oxygen atoms in total. The molecule has 0 aliphatic rings. The number of hydrogen-bond donors (Lipinski definition) is 0. The molecule has 0 fully saturated rings. The Kier molecular flexibility index (Phi) is 8.47. The van der Waals surface area contributed by atoms with Crippen LogP contribution in [0.15, 0.2) is 54.6 Å². The van der Waals surface area contributed by atoms with E-state index in [0.717, 1.165) is 0 Å². The molecular formula is C13H20FeOSi2-6. The normalized spacial score (nSPS) is 10.8. The van der Waals surface area contributed by atoms with Crippen LogP contribution in [0.25, 0.3) is 0 Å². The van der Waals surface area contributed by atoms with Crippen molar-refractivity contribution in [1.82, 2.24) is 0 Å². The predicted octanol–water partition coefficient (Wildman–Crippen LogP) is 2.37. The standard InChI is InChI=1S/C8H15OSi2.C5H5.Fe/c1-11(2,3)9-10-8-6-4-5-7-8;1-2-4-5-3-1;/h4-7H,10H2,1-3H3;1-5H;/q-1;-5;. The Hall–Kier alpha value is -0.387. The van der Waals surface area contributed by atoms with Gasteiger partial charge in [0.2, 0.25) is 0 Å². The molecule has 0 spiro atoms. The van der Waals surface area contributed by atoms with Crippen molar-refractivity contribution in [2.45, 2.75) is 19.6 Å². The molecule has 0 amide bonds. The summed E-state index contributed by atoms with van der Waals surface area (Å²) in [6, 6.07) is 18.5. The van der Waals surface area contributed by atoms with Crippen LogP contribution >= 0.6 is 0 Å². The Bertz CT molecular complexity index is 332. The second-order valence-electron chi connectivity index (χ2n) is 4.66. The van der Waals surface area contributed by atoms with Crippen LogP contribution in [0.3, 0.4) is 0 Å². The van der Waals surface area contributed by atoms with Crippen LogP contribution in [0.5, 0.6) is 0 Å². The third kappa shape index (κ3) is 9.33. The van der Waals surface area contributed by atoms with Gasteiger partial charge in [-0.25, -0.2) is 12.1 Å². The van der Waals surface area contributed by atoms with Gasteiger partial charge in [-0.15, -0.1) is 5.19 Å². The van der Waals surface area contributed by atoms with Gasteiger partial charge in [-0.05, 0) is 19.6 Å². The van der Waals surface area contributed by atoms with Gasteiger partial charge in [0, 0.05) is 17.1 Å². The Balaban J connectivity index is 0.000000360. The van der Waals surface area contributed by atoms with Crippen LogP contribution < -0.4 is 5.19 Å². The molecular weight excluding hydrogens is 284 g/mol. The van der Waals surface area contributed by atoms with E-state index in [1.54, 1.807) is 0 Å². The molecule has 0 aliphatic heterocycles. The van der Waals surface area contributed by atoms with Crippen molar-refractivity contribution in [3.63, 3.8) is 0 Å². The molecule has 0 aromatic heterocycles. The first-order valence-corrected chi connectivity index (χ1v) is 10.3. The number of hydrogen-bond acceptors (Lipinski definition) is 1. The fourth-order valence-electron chi connectivity index (χ4n) is 1.13. The fraction of sp³-hybridized carbons (Fsp3) is 0.231. The van der Waals surface area contributed by atoms with E-state index in [-0.39, 0.29) is 17.1 Å². The maximum atomic E-state index is 5.85. The van der Waals surface area contributed by atoms with Crippen molar-refractivity contribution in [2.75, 3.05) is 0 Å². The first-order valence-electron chi connectivity index (χ1n) is 5.59. The molecule has 0 radical (unpaired) electrons. The molecule has 2 rings (SSSR count). The molecule has 0 bridgehead atoms. The van der Waals surface area contributed by atoms with Crippen LogP contribution in [0.2, 0.25) is 19.6 Å². The topological polar surface area (TPSA) is 9.23 Å². The van der Waals surface area contributed by atoms with Gasteiger partial charge in [-0.1, -0.05) is 0 Å². The molecule has 0 atom stereocenters. The average molecular weight is 304 g/mol. The van der Waals surface area contributed by atoms with Gasteiger partial charge in [-0.2, -0.15) is 12.1 Å². The first kappa shape index (κ1) is 16.6. The van der Waals surface area contributed by atoms with Gasteiger partial charge in [0.05, 0.1) is 0 Å². The molecule has 0 unspecified atom stereocenters. The van der Waals surface area contributed by atoms with Crippen molar-refractivity contribution in [3.8, 4) is 0 Å². The van der Waals surface area contributed by atoms with Gasteiger partial charge in [0.25, 0.3) is 0 Å². The Morgan fingerprint density at radius 3 is 1.71 bits per heavy atom. The zero-order valence-electron chi connectivity index (χ0n) is 10.7. The molecule has 0 aliphatic carbocycles. The van der Waals surface area contributed by atoms with Crippen LogP contribution in [0.1, 0.15) is 0 Å². The molecule has 4 heteroatoms. The zero-order chi connectivity index (χ0) is 11.9. The van der Waals surface area contributed by atoms with E-state index in [1.165, 1.54) is 5.19 Å². The molecule has 0 saturated carbocycles. The van der Waals surface area contributed by atoms with Gasteiger partial charge in [-0.3, -0.25) is 0 Å². The minimum Gasteiger partial charge on any atom is -0.748 e. The van der Waals surface area contributed by atoms with Crippen LogP contribution in [-0.4, -0.2) is 18.1 Å². The fourth-order valence-corrected chi connectivity index (χ4v) is 3.99. The van der Waals surface area contributed by atoms with E-state index < -0.39 is 18.1 Å². The number of rotatable bonds is 3. The summed E-state index contributed by atoms with van der Waals surface area (Å²) < 4.78 is 5.85. The minimum atomic E-state index is -1.25. The average Bonchev–Trinajstić information content (AvgIpc) is 2.90. The van der Waals surface area contributed by atoms with Crippen molar-refractivity contribution >= 4 is 23.3 Å². The summed E-state index contributed by atoms with van der Waals surface area (Å²) >= 11 is 0.